The normalized spacial score (nSPS) is 24.7. The van der Waals surface area contributed by atoms with E-state index in [4.69, 9.17) is 9.26 Å². The van der Waals surface area contributed by atoms with Gasteiger partial charge in [0.2, 0.25) is 5.89 Å². The molecule has 0 amide bonds. The summed E-state index contributed by atoms with van der Waals surface area (Å²) in [6, 6.07) is 11.5. The van der Waals surface area contributed by atoms with Crippen LogP contribution in [-0.2, 0) is 17.7 Å². The van der Waals surface area contributed by atoms with Gasteiger partial charge in [0.15, 0.2) is 5.82 Å². The van der Waals surface area contributed by atoms with E-state index in [1.54, 1.807) is 0 Å². The average molecular weight is 356 g/mol. The molecule has 2 aliphatic rings. The first-order valence-electron chi connectivity index (χ1n) is 9.61. The predicted octanol–water partition coefficient (Wildman–Crippen LogP) is 2.53. The third-order valence-electron chi connectivity index (χ3n) is 5.24. The van der Waals surface area contributed by atoms with Gasteiger partial charge in [-0.2, -0.15) is 4.98 Å². The molecule has 2 atom stereocenters. The Kier molecular flexibility index (Phi) is 5.33. The molecule has 0 N–H and O–H groups in total. The van der Waals surface area contributed by atoms with E-state index in [2.05, 4.69) is 64.1 Å². The third kappa shape index (κ3) is 3.98. The standard InChI is InChI=1S/C20H28N4O2/c1-15(2)10-20-21-19(22-26-20)12-23-8-9-24-17(11-23)13-25-14-18(24)16-6-4-3-5-7-16/h3-7,15,17-18H,8-14H2,1-2H3/t17-,18-/m1/s1. The van der Waals surface area contributed by atoms with Crippen molar-refractivity contribution < 1.29 is 9.26 Å². The van der Waals surface area contributed by atoms with Crippen molar-refractivity contribution in [2.75, 3.05) is 32.8 Å². The molecule has 4 rings (SSSR count). The Balaban J connectivity index is 1.38. The Bertz CT molecular complexity index is 703. The molecule has 2 saturated heterocycles. The molecule has 6 nitrogen and oxygen atoms in total. The largest absolute Gasteiger partial charge is 0.378 e. The number of piperazine rings is 1. The van der Waals surface area contributed by atoms with E-state index in [1.165, 1.54) is 5.56 Å². The number of aromatic nitrogens is 2. The Labute approximate surface area is 155 Å². The maximum absolute atomic E-state index is 5.93. The fourth-order valence-corrected chi connectivity index (χ4v) is 4.00. The molecule has 2 aliphatic heterocycles. The number of hydrogen-bond donors (Lipinski definition) is 0. The fourth-order valence-electron chi connectivity index (χ4n) is 4.00. The summed E-state index contributed by atoms with van der Waals surface area (Å²) in [5.41, 5.74) is 1.35. The van der Waals surface area contributed by atoms with E-state index in [1.807, 2.05) is 0 Å². The van der Waals surface area contributed by atoms with Gasteiger partial charge >= 0.3 is 0 Å². The highest BCUT2D eigenvalue weighted by Gasteiger charge is 2.36. The van der Waals surface area contributed by atoms with E-state index >= 15 is 0 Å². The first kappa shape index (κ1) is 17.6. The molecule has 0 bridgehead atoms. The lowest BCUT2D eigenvalue weighted by Crippen LogP contribution is -2.58. The fraction of sp³-hybridized carbons (Fsp3) is 0.600. The third-order valence-corrected chi connectivity index (χ3v) is 5.24. The molecule has 0 aliphatic carbocycles. The second-order valence-electron chi connectivity index (χ2n) is 7.79. The van der Waals surface area contributed by atoms with Gasteiger partial charge < -0.3 is 9.26 Å². The van der Waals surface area contributed by atoms with E-state index in [0.29, 0.717) is 18.0 Å². The van der Waals surface area contributed by atoms with Crippen LogP contribution in [0.1, 0.15) is 37.2 Å². The Morgan fingerprint density at radius 1 is 1.15 bits per heavy atom. The molecule has 1 aromatic heterocycles. The van der Waals surface area contributed by atoms with Gasteiger partial charge in [-0.3, -0.25) is 9.80 Å². The van der Waals surface area contributed by atoms with Crippen molar-refractivity contribution in [2.24, 2.45) is 5.92 Å². The molecular formula is C20H28N4O2. The molecule has 0 radical (unpaired) electrons. The summed E-state index contributed by atoms with van der Waals surface area (Å²) in [5, 5.41) is 4.16. The van der Waals surface area contributed by atoms with Crippen molar-refractivity contribution in [1.29, 1.82) is 0 Å². The quantitative estimate of drug-likeness (QED) is 0.821. The summed E-state index contributed by atoms with van der Waals surface area (Å²) in [6.45, 7) is 9.71. The molecule has 6 heteroatoms. The molecule has 0 saturated carbocycles. The molecule has 0 unspecified atom stereocenters. The van der Waals surface area contributed by atoms with Crippen molar-refractivity contribution in [3.63, 3.8) is 0 Å². The zero-order valence-electron chi connectivity index (χ0n) is 15.7. The Hall–Kier alpha value is -1.76. The minimum Gasteiger partial charge on any atom is -0.378 e. The molecule has 3 heterocycles. The SMILES string of the molecule is CC(C)Cc1nc(CN2CCN3[C@@H](COC[C@@H]3c3ccccc3)C2)no1. The van der Waals surface area contributed by atoms with Gasteiger partial charge in [-0.15, -0.1) is 0 Å². The Morgan fingerprint density at radius 2 is 2.00 bits per heavy atom. The number of ether oxygens (including phenoxy) is 1. The number of hydrogen-bond acceptors (Lipinski definition) is 6. The number of benzene rings is 1. The summed E-state index contributed by atoms with van der Waals surface area (Å²) < 4.78 is 11.3. The Morgan fingerprint density at radius 3 is 2.81 bits per heavy atom. The maximum Gasteiger partial charge on any atom is 0.226 e. The zero-order valence-corrected chi connectivity index (χ0v) is 15.7. The van der Waals surface area contributed by atoms with Crippen molar-refractivity contribution in [3.8, 4) is 0 Å². The van der Waals surface area contributed by atoms with Crippen LogP contribution in [0.15, 0.2) is 34.9 Å². The van der Waals surface area contributed by atoms with Gasteiger partial charge in [-0.05, 0) is 11.5 Å². The number of nitrogens with zero attached hydrogens (tertiary/aromatic N) is 4. The lowest BCUT2D eigenvalue weighted by Gasteiger charge is -2.48. The minimum atomic E-state index is 0.361. The second-order valence-corrected chi connectivity index (χ2v) is 7.79. The maximum atomic E-state index is 5.93. The average Bonchev–Trinajstić information content (AvgIpc) is 3.08. The van der Waals surface area contributed by atoms with Gasteiger partial charge in [0.25, 0.3) is 0 Å². The van der Waals surface area contributed by atoms with Crippen molar-refractivity contribution >= 4 is 0 Å². The zero-order chi connectivity index (χ0) is 17.9. The molecule has 1 aromatic carbocycles. The van der Waals surface area contributed by atoms with Gasteiger partial charge in [-0.1, -0.05) is 49.3 Å². The topological polar surface area (TPSA) is 54.6 Å². The predicted molar refractivity (Wildman–Crippen MR) is 98.6 cm³/mol. The van der Waals surface area contributed by atoms with Gasteiger partial charge in [0.05, 0.1) is 25.8 Å². The van der Waals surface area contributed by atoms with Crippen LogP contribution in [0, 0.1) is 5.92 Å². The molecule has 2 aromatic rings. The van der Waals surface area contributed by atoms with Crippen molar-refractivity contribution in [2.45, 2.75) is 38.9 Å². The van der Waals surface area contributed by atoms with Crippen LogP contribution in [0.2, 0.25) is 0 Å². The van der Waals surface area contributed by atoms with Crippen LogP contribution >= 0.6 is 0 Å². The van der Waals surface area contributed by atoms with Crippen LogP contribution in [0.25, 0.3) is 0 Å². The van der Waals surface area contributed by atoms with Gasteiger partial charge in [0.1, 0.15) is 0 Å². The summed E-state index contributed by atoms with van der Waals surface area (Å²) in [4.78, 5) is 9.57. The first-order chi connectivity index (χ1) is 12.7. The summed E-state index contributed by atoms with van der Waals surface area (Å²) in [7, 11) is 0. The highest BCUT2D eigenvalue weighted by atomic mass is 16.5. The van der Waals surface area contributed by atoms with Crippen LogP contribution in [-0.4, -0.2) is 58.8 Å². The molecule has 0 spiro atoms. The second kappa shape index (κ2) is 7.86. The lowest BCUT2D eigenvalue weighted by atomic mass is 10.0. The van der Waals surface area contributed by atoms with E-state index < -0.39 is 0 Å². The van der Waals surface area contributed by atoms with Crippen LogP contribution in [0.5, 0.6) is 0 Å². The number of rotatable bonds is 5. The van der Waals surface area contributed by atoms with E-state index in [-0.39, 0.29) is 0 Å². The van der Waals surface area contributed by atoms with Crippen LogP contribution < -0.4 is 0 Å². The first-order valence-corrected chi connectivity index (χ1v) is 9.61. The van der Waals surface area contributed by atoms with Gasteiger partial charge in [0, 0.05) is 32.1 Å². The van der Waals surface area contributed by atoms with Gasteiger partial charge in [-0.25, -0.2) is 0 Å². The van der Waals surface area contributed by atoms with E-state index in [0.717, 1.165) is 57.5 Å². The number of fused-ring (bicyclic) bond motifs is 1. The summed E-state index contributed by atoms with van der Waals surface area (Å²) in [5.74, 6) is 2.07. The smallest absolute Gasteiger partial charge is 0.226 e. The molecule has 140 valence electrons. The minimum absolute atomic E-state index is 0.361. The van der Waals surface area contributed by atoms with Crippen LogP contribution in [0.3, 0.4) is 0 Å². The molecule has 26 heavy (non-hydrogen) atoms. The summed E-state index contributed by atoms with van der Waals surface area (Å²) in [6.07, 6.45) is 0.843. The van der Waals surface area contributed by atoms with E-state index in [9.17, 15) is 0 Å². The highest BCUT2D eigenvalue weighted by molar-refractivity contribution is 5.20. The highest BCUT2D eigenvalue weighted by Crippen LogP contribution is 2.29. The monoisotopic (exact) mass is 356 g/mol. The summed E-state index contributed by atoms with van der Waals surface area (Å²) >= 11 is 0. The lowest BCUT2D eigenvalue weighted by molar-refractivity contribution is -0.0839. The van der Waals surface area contributed by atoms with Crippen molar-refractivity contribution in [3.05, 3.63) is 47.6 Å². The molecular weight excluding hydrogens is 328 g/mol. The van der Waals surface area contributed by atoms with Crippen LogP contribution in [0.4, 0.5) is 0 Å². The number of morpholine rings is 1. The molecule has 2 fully saturated rings. The van der Waals surface area contributed by atoms with Crippen molar-refractivity contribution in [1.82, 2.24) is 19.9 Å².